The molecule has 150 valence electrons. The molecule has 0 aromatic carbocycles. The van der Waals surface area contributed by atoms with Crippen LogP contribution in [0.3, 0.4) is 0 Å². The van der Waals surface area contributed by atoms with Crippen molar-refractivity contribution in [3.8, 4) is 0 Å². The predicted octanol–water partition coefficient (Wildman–Crippen LogP) is 3.41. The second-order valence-electron chi connectivity index (χ2n) is 7.17. The first-order chi connectivity index (χ1) is 13.4. The van der Waals surface area contributed by atoms with E-state index in [0.29, 0.717) is 11.3 Å². The molecule has 1 N–H and O–H groups in total. The summed E-state index contributed by atoms with van der Waals surface area (Å²) in [5.74, 6) is -0.156. The second-order valence-corrected chi connectivity index (χ2v) is 7.17. The fourth-order valence-electron chi connectivity index (χ4n) is 3.53. The van der Waals surface area contributed by atoms with Crippen LogP contribution in [-0.2, 0) is 11.3 Å². The Kier molecular flexibility index (Phi) is 4.94. The lowest BCUT2D eigenvalue weighted by Crippen LogP contribution is -2.26. The molecular weight excluding hydrogens is 378 g/mol. The molecule has 28 heavy (non-hydrogen) atoms. The molecule has 0 radical (unpaired) electrons. The summed E-state index contributed by atoms with van der Waals surface area (Å²) in [4.78, 5) is 18.4. The van der Waals surface area contributed by atoms with E-state index in [-0.39, 0.29) is 37.2 Å². The van der Waals surface area contributed by atoms with E-state index >= 15 is 0 Å². The van der Waals surface area contributed by atoms with Gasteiger partial charge in [-0.2, -0.15) is 8.78 Å². The molecule has 1 saturated carbocycles. The summed E-state index contributed by atoms with van der Waals surface area (Å²) in [7, 11) is 0. The van der Waals surface area contributed by atoms with E-state index in [1.165, 1.54) is 4.90 Å². The molecule has 10 heteroatoms. The number of carbonyl (C=O) groups is 1. The number of alkyl halides is 2. The predicted molar refractivity (Wildman–Crippen MR) is 93.3 cm³/mol. The highest BCUT2D eigenvalue weighted by Crippen LogP contribution is 2.42. The standard InChI is InChI=1S/C18H19F4N5O/c19-13(20)5-10-6-17(28)26(8-10)9-12-18(11-1-2-11)24-16-4-3-15(25-27(12)16)23-7-14(21)22/h3-5,10-11,14H,1-2,6-9H2,(H,23,25). The molecule has 3 heterocycles. The van der Waals surface area contributed by atoms with Gasteiger partial charge in [0.2, 0.25) is 5.91 Å². The number of halogens is 4. The topological polar surface area (TPSA) is 62.5 Å². The first-order valence-corrected chi connectivity index (χ1v) is 9.12. The number of carbonyl (C=O) groups excluding carboxylic acids is 1. The lowest BCUT2D eigenvalue weighted by atomic mass is 10.1. The lowest BCUT2D eigenvalue weighted by Gasteiger charge is -2.16. The minimum atomic E-state index is -2.51. The molecule has 1 saturated heterocycles. The third-order valence-electron chi connectivity index (χ3n) is 4.95. The van der Waals surface area contributed by atoms with Gasteiger partial charge < -0.3 is 10.2 Å². The van der Waals surface area contributed by atoms with Crippen molar-refractivity contribution >= 4 is 17.4 Å². The maximum atomic E-state index is 12.5. The summed E-state index contributed by atoms with van der Waals surface area (Å²) in [6.45, 7) is -0.113. The van der Waals surface area contributed by atoms with Crippen molar-refractivity contribution in [3.05, 3.63) is 35.7 Å². The summed E-state index contributed by atoms with van der Waals surface area (Å²) < 4.78 is 51.5. The SMILES string of the molecule is O=C1CC(C=C(F)F)CN1Cc1c(C2CC2)nc2ccc(NCC(F)F)nn12. The normalized spacial score (nSPS) is 19.7. The lowest BCUT2D eigenvalue weighted by molar-refractivity contribution is -0.128. The van der Waals surface area contributed by atoms with Crippen molar-refractivity contribution in [1.29, 1.82) is 0 Å². The molecule has 2 fully saturated rings. The van der Waals surface area contributed by atoms with Crippen molar-refractivity contribution in [2.75, 3.05) is 18.4 Å². The molecular formula is C18H19F4N5O. The highest BCUT2D eigenvalue weighted by molar-refractivity contribution is 5.79. The van der Waals surface area contributed by atoms with Gasteiger partial charge in [-0.05, 0) is 31.1 Å². The molecule has 0 spiro atoms. The number of fused-ring (bicyclic) bond motifs is 1. The Hall–Kier alpha value is -2.65. The quantitative estimate of drug-likeness (QED) is 0.728. The van der Waals surface area contributed by atoms with Crippen molar-refractivity contribution in [2.45, 2.75) is 38.2 Å². The average molecular weight is 397 g/mol. The average Bonchev–Trinajstić information content (AvgIpc) is 3.33. The maximum absolute atomic E-state index is 12.5. The minimum absolute atomic E-state index is 0.0431. The molecule has 2 aromatic heterocycles. The molecule has 2 aromatic rings. The fourth-order valence-corrected chi connectivity index (χ4v) is 3.53. The van der Waals surface area contributed by atoms with E-state index in [9.17, 15) is 22.4 Å². The summed E-state index contributed by atoms with van der Waals surface area (Å²) in [6.07, 6.45) is -1.46. The van der Waals surface area contributed by atoms with Crippen LogP contribution in [0, 0.1) is 5.92 Å². The van der Waals surface area contributed by atoms with Crippen molar-refractivity contribution in [1.82, 2.24) is 19.5 Å². The van der Waals surface area contributed by atoms with Crippen LogP contribution < -0.4 is 5.32 Å². The molecule has 1 aliphatic carbocycles. The van der Waals surface area contributed by atoms with E-state index in [0.717, 1.165) is 24.6 Å². The zero-order valence-corrected chi connectivity index (χ0v) is 14.9. The Morgan fingerprint density at radius 2 is 2.11 bits per heavy atom. The highest BCUT2D eigenvalue weighted by Gasteiger charge is 2.34. The van der Waals surface area contributed by atoms with Gasteiger partial charge in [-0.15, -0.1) is 5.10 Å². The van der Waals surface area contributed by atoms with Crippen LogP contribution in [0.5, 0.6) is 0 Å². The van der Waals surface area contributed by atoms with Crippen LogP contribution in [0.25, 0.3) is 5.65 Å². The number of hydrogen-bond donors (Lipinski definition) is 1. The van der Waals surface area contributed by atoms with E-state index in [2.05, 4.69) is 15.4 Å². The number of rotatable bonds is 7. The maximum Gasteiger partial charge on any atom is 0.266 e. The smallest absolute Gasteiger partial charge is 0.266 e. The molecule has 0 bridgehead atoms. The highest BCUT2D eigenvalue weighted by atomic mass is 19.3. The molecule has 1 aliphatic heterocycles. The van der Waals surface area contributed by atoms with Gasteiger partial charge in [0.1, 0.15) is 5.82 Å². The third-order valence-corrected chi connectivity index (χ3v) is 4.95. The van der Waals surface area contributed by atoms with Crippen LogP contribution >= 0.6 is 0 Å². The Morgan fingerprint density at radius 3 is 2.79 bits per heavy atom. The first-order valence-electron chi connectivity index (χ1n) is 9.12. The van der Waals surface area contributed by atoms with Gasteiger partial charge in [-0.25, -0.2) is 18.3 Å². The van der Waals surface area contributed by atoms with Gasteiger partial charge in [0, 0.05) is 24.8 Å². The Bertz CT molecular complexity index is 920. The molecule has 1 unspecified atom stereocenters. The molecule has 4 rings (SSSR count). The minimum Gasteiger partial charge on any atom is -0.363 e. The van der Waals surface area contributed by atoms with Gasteiger partial charge in [0.05, 0.1) is 24.5 Å². The first kappa shape index (κ1) is 18.7. The summed E-state index contributed by atoms with van der Waals surface area (Å²) in [5, 5.41) is 6.92. The van der Waals surface area contributed by atoms with Crippen LogP contribution in [-0.4, -0.2) is 44.9 Å². The molecule has 6 nitrogen and oxygen atoms in total. The summed E-state index contributed by atoms with van der Waals surface area (Å²) in [5.41, 5.74) is 2.11. The number of imidazole rings is 1. The molecule has 2 aliphatic rings. The van der Waals surface area contributed by atoms with Crippen LogP contribution in [0.1, 0.15) is 36.6 Å². The van der Waals surface area contributed by atoms with Crippen LogP contribution in [0.2, 0.25) is 0 Å². The Labute approximate surface area is 158 Å². The number of hydrogen-bond acceptors (Lipinski definition) is 4. The molecule has 1 amide bonds. The zero-order chi connectivity index (χ0) is 19.8. The van der Waals surface area contributed by atoms with Gasteiger partial charge in [0.25, 0.3) is 12.5 Å². The van der Waals surface area contributed by atoms with Gasteiger partial charge in [-0.3, -0.25) is 4.79 Å². The van der Waals surface area contributed by atoms with Crippen LogP contribution in [0.15, 0.2) is 24.3 Å². The van der Waals surface area contributed by atoms with Crippen LogP contribution in [0.4, 0.5) is 23.4 Å². The van der Waals surface area contributed by atoms with Crippen molar-refractivity contribution in [2.24, 2.45) is 5.92 Å². The Morgan fingerprint density at radius 1 is 1.32 bits per heavy atom. The van der Waals surface area contributed by atoms with E-state index in [4.69, 9.17) is 0 Å². The fraction of sp³-hybridized carbons (Fsp3) is 0.500. The largest absolute Gasteiger partial charge is 0.363 e. The molecule has 1 atom stereocenters. The number of nitrogens with zero attached hydrogens (tertiary/aromatic N) is 4. The summed E-state index contributed by atoms with van der Waals surface area (Å²) in [6, 6.07) is 3.27. The second kappa shape index (κ2) is 7.40. The van der Waals surface area contributed by atoms with E-state index in [1.54, 1.807) is 16.6 Å². The number of aromatic nitrogens is 3. The van der Waals surface area contributed by atoms with Gasteiger partial charge in [0.15, 0.2) is 5.65 Å². The number of amides is 1. The van der Waals surface area contributed by atoms with E-state index in [1.807, 2.05) is 0 Å². The number of anilines is 1. The van der Waals surface area contributed by atoms with Gasteiger partial charge >= 0.3 is 0 Å². The number of likely N-dealkylation sites (tertiary alicyclic amines) is 1. The Balaban J connectivity index is 1.62. The number of nitrogens with one attached hydrogen (secondary N) is 1. The van der Waals surface area contributed by atoms with E-state index < -0.39 is 25.0 Å². The zero-order valence-electron chi connectivity index (χ0n) is 14.9. The third kappa shape index (κ3) is 3.95. The summed E-state index contributed by atoms with van der Waals surface area (Å²) >= 11 is 0. The van der Waals surface area contributed by atoms with Crippen molar-refractivity contribution < 1.29 is 22.4 Å². The van der Waals surface area contributed by atoms with Gasteiger partial charge in [-0.1, -0.05) is 0 Å². The van der Waals surface area contributed by atoms with Crippen molar-refractivity contribution in [3.63, 3.8) is 0 Å². The monoisotopic (exact) mass is 397 g/mol.